The lowest BCUT2D eigenvalue weighted by Gasteiger charge is -2.39. The Labute approximate surface area is 227 Å². The molecule has 0 spiro atoms. The quantitative estimate of drug-likeness (QED) is 0.390. The van der Waals surface area contributed by atoms with Gasteiger partial charge in [-0.1, -0.05) is 6.07 Å². The summed E-state index contributed by atoms with van der Waals surface area (Å²) < 4.78 is 13.0. The Kier molecular flexibility index (Phi) is 7.05. The smallest absolute Gasteiger partial charge is 0.253 e. The third kappa shape index (κ3) is 5.14. The highest BCUT2D eigenvalue weighted by atomic mass is 16.5. The number of hydrogen-bond donors (Lipinski definition) is 1. The van der Waals surface area contributed by atoms with Crippen molar-refractivity contribution in [1.29, 1.82) is 0 Å². The average molecular weight is 530 g/mol. The molecule has 6 rings (SSSR count). The second-order valence-electron chi connectivity index (χ2n) is 10.6. The fourth-order valence-corrected chi connectivity index (χ4v) is 5.94. The lowest BCUT2D eigenvalue weighted by molar-refractivity contribution is 0.0906. The molecule has 2 aliphatic rings. The minimum absolute atomic E-state index is 0.0833. The van der Waals surface area contributed by atoms with E-state index in [-0.39, 0.29) is 17.7 Å². The minimum Gasteiger partial charge on any atom is -0.497 e. The predicted octanol–water partition coefficient (Wildman–Crippen LogP) is 3.23. The van der Waals surface area contributed by atoms with E-state index < -0.39 is 0 Å². The van der Waals surface area contributed by atoms with Crippen LogP contribution in [0.1, 0.15) is 41.4 Å². The van der Waals surface area contributed by atoms with Crippen LogP contribution in [0.2, 0.25) is 0 Å². The number of methoxy groups -OCH3 is 1. The van der Waals surface area contributed by atoms with Crippen molar-refractivity contribution in [2.45, 2.75) is 45.4 Å². The van der Waals surface area contributed by atoms with Gasteiger partial charge in [0.05, 0.1) is 19.8 Å². The number of piperazine rings is 1. The molecule has 4 heterocycles. The first-order valence-corrected chi connectivity index (χ1v) is 13.6. The number of hydrogen-bond acceptors (Lipinski definition) is 8. The summed E-state index contributed by atoms with van der Waals surface area (Å²) in [6.45, 7) is 8.63. The van der Waals surface area contributed by atoms with Crippen molar-refractivity contribution >= 4 is 16.6 Å². The number of tetrazole rings is 1. The van der Waals surface area contributed by atoms with Crippen LogP contribution >= 0.6 is 0 Å². The predicted molar refractivity (Wildman–Crippen MR) is 149 cm³/mol. The number of pyridine rings is 1. The Morgan fingerprint density at radius 1 is 1.10 bits per heavy atom. The standard InChI is InChI=1S/C29H35N7O3/c1-19-15-20(2)24-17-25(29(37)30-26(24)16-19)27(28-31-32-33-36(28)18-23-5-4-14-39-23)35-12-10-34(11-13-35)21-6-8-22(38-3)9-7-21/h6-9,15-17,23,27H,4-5,10-14,18H2,1-3H3,(H,30,37)/t23-,27+/m0/s1. The fourth-order valence-electron chi connectivity index (χ4n) is 5.94. The number of rotatable bonds is 7. The first kappa shape index (κ1) is 25.5. The average Bonchev–Trinajstić information content (AvgIpc) is 3.63. The molecular weight excluding hydrogens is 494 g/mol. The van der Waals surface area contributed by atoms with E-state index in [0.29, 0.717) is 17.9 Å². The van der Waals surface area contributed by atoms with Gasteiger partial charge in [-0.15, -0.1) is 5.10 Å². The van der Waals surface area contributed by atoms with Crippen molar-refractivity contribution in [3.63, 3.8) is 0 Å². The molecule has 2 aliphatic heterocycles. The van der Waals surface area contributed by atoms with Gasteiger partial charge >= 0.3 is 0 Å². The molecule has 10 nitrogen and oxygen atoms in total. The number of ether oxygens (including phenoxy) is 2. The maximum atomic E-state index is 13.6. The van der Waals surface area contributed by atoms with Crippen molar-refractivity contribution in [3.8, 4) is 5.75 Å². The Balaban J connectivity index is 1.36. The SMILES string of the molecule is COc1ccc(N2CCN([C@H](c3cc4c(C)cc(C)cc4[nH]c3=O)c3nnnn3C[C@@H]3CCCO3)CC2)cc1. The first-order valence-electron chi connectivity index (χ1n) is 13.6. The molecule has 0 aliphatic carbocycles. The third-order valence-corrected chi connectivity index (χ3v) is 7.96. The molecule has 1 N–H and O–H groups in total. The number of aryl methyl sites for hydroxylation is 2. The molecule has 2 aromatic heterocycles. The Hall–Kier alpha value is -3.76. The molecule has 0 bridgehead atoms. The van der Waals surface area contributed by atoms with Crippen molar-refractivity contribution < 1.29 is 9.47 Å². The van der Waals surface area contributed by atoms with E-state index in [4.69, 9.17) is 9.47 Å². The zero-order valence-electron chi connectivity index (χ0n) is 22.8. The summed E-state index contributed by atoms with van der Waals surface area (Å²) in [4.78, 5) is 21.5. The van der Waals surface area contributed by atoms with Gasteiger partial charge < -0.3 is 19.4 Å². The van der Waals surface area contributed by atoms with E-state index in [9.17, 15) is 4.79 Å². The molecule has 2 fully saturated rings. The van der Waals surface area contributed by atoms with Gasteiger partial charge in [0.15, 0.2) is 5.82 Å². The number of H-pyrrole nitrogens is 1. The van der Waals surface area contributed by atoms with Gasteiger partial charge in [0.1, 0.15) is 11.8 Å². The van der Waals surface area contributed by atoms with Gasteiger partial charge in [-0.05, 0) is 84.6 Å². The molecule has 204 valence electrons. The highest BCUT2D eigenvalue weighted by Crippen LogP contribution is 2.31. The van der Waals surface area contributed by atoms with Crippen molar-refractivity contribution in [3.05, 3.63) is 75.3 Å². The maximum Gasteiger partial charge on any atom is 0.253 e. The maximum absolute atomic E-state index is 13.6. The van der Waals surface area contributed by atoms with Crippen LogP contribution in [0.4, 0.5) is 5.69 Å². The number of benzene rings is 2. The number of fused-ring (bicyclic) bond motifs is 1. The van der Waals surface area contributed by atoms with Crippen LogP contribution in [0, 0.1) is 13.8 Å². The number of anilines is 1. The van der Waals surface area contributed by atoms with E-state index in [0.717, 1.165) is 79.1 Å². The van der Waals surface area contributed by atoms with Crippen LogP contribution in [0.25, 0.3) is 10.9 Å². The Morgan fingerprint density at radius 2 is 1.90 bits per heavy atom. The summed E-state index contributed by atoms with van der Waals surface area (Å²) in [5.74, 6) is 1.52. The second kappa shape index (κ2) is 10.8. The summed E-state index contributed by atoms with van der Waals surface area (Å²) in [5, 5.41) is 13.9. The molecule has 0 radical (unpaired) electrons. The molecule has 4 aromatic rings. The van der Waals surface area contributed by atoms with Crippen molar-refractivity contribution in [2.24, 2.45) is 0 Å². The molecule has 0 amide bonds. The summed E-state index contributed by atoms with van der Waals surface area (Å²) in [5.41, 5.74) is 4.81. The normalized spacial score (nSPS) is 19.1. The molecule has 39 heavy (non-hydrogen) atoms. The zero-order chi connectivity index (χ0) is 26.9. The van der Waals surface area contributed by atoms with Crippen molar-refractivity contribution in [2.75, 3.05) is 44.8 Å². The Morgan fingerprint density at radius 3 is 2.62 bits per heavy atom. The zero-order valence-corrected chi connectivity index (χ0v) is 22.8. The van der Waals surface area contributed by atoms with Crippen LogP contribution in [-0.4, -0.2) is 76.1 Å². The van der Waals surface area contributed by atoms with Gasteiger partial charge in [0.25, 0.3) is 5.56 Å². The highest BCUT2D eigenvalue weighted by molar-refractivity contribution is 5.83. The van der Waals surface area contributed by atoms with Crippen LogP contribution in [-0.2, 0) is 11.3 Å². The largest absolute Gasteiger partial charge is 0.497 e. The molecule has 2 saturated heterocycles. The van der Waals surface area contributed by atoms with Crippen LogP contribution in [0.5, 0.6) is 5.75 Å². The third-order valence-electron chi connectivity index (χ3n) is 7.96. The topological polar surface area (TPSA) is 101 Å². The second-order valence-corrected chi connectivity index (χ2v) is 10.6. The fraction of sp³-hybridized carbons (Fsp3) is 0.448. The van der Waals surface area contributed by atoms with E-state index in [1.165, 1.54) is 0 Å². The number of aromatic nitrogens is 5. The summed E-state index contributed by atoms with van der Waals surface area (Å²) in [6.07, 6.45) is 2.11. The van der Waals surface area contributed by atoms with Gasteiger partial charge in [-0.3, -0.25) is 9.69 Å². The summed E-state index contributed by atoms with van der Waals surface area (Å²) in [7, 11) is 1.68. The molecule has 2 atom stereocenters. The number of aromatic amines is 1. The molecule has 10 heteroatoms. The highest BCUT2D eigenvalue weighted by Gasteiger charge is 2.33. The van der Waals surface area contributed by atoms with Gasteiger partial charge in [-0.25, -0.2) is 4.68 Å². The van der Waals surface area contributed by atoms with E-state index in [1.807, 2.05) is 35.9 Å². The monoisotopic (exact) mass is 529 g/mol. The van der Waals surface area contributed by atoms with Gasteiger partial charge in [-0.2, -0.15) is 0 Å². The summed E-state index contributed by atoms with van der Waals surface area (Å²) >= 11 is 0. The molecule has 0 unspecified atom stereocenters. The lowest BCUT2D eigenvalue weighted by Crippen LogP contribution is -2.49. The first-order chi connectivity index (χ1) is 19.0. The Bertz CT molecular complexity index is 1500. The van der Waals surface area contributed by atoms with E-state index >= 15 is 0 Å². The number of nitrogens with zero attached hydrogens (tertiary/aromatic N) is 6. The molecule has 2 aromatic carbocycles. The van der Waals surface area contributed by atoms with E-state index in [1.54, 1.807) is 7.11 Å². The minimum atomic E-state index is -0.381. The molecule has 0 saturated carbocycles. The van der Waals surface area contributed by atoms with Crippen LogP contribution in [0.15, 0.2) is 47.3 Å². The number of nitrogens with one attached hydrogen (secondary N) is 1. The van der Waals surface area contributed by atoms with Crippen molar-refractivity contribution in [1.82, 2.24) is 30.1 Å². The summed E-state index contributed by atoms with van der Waals surface area (Å²) in [6, 6.07) is 14.0. The van der Waals surface area contributed by atoms with Crippen LogP contribution in [0.3, 0.4) is 0 Å². The van der Waals surface area contributed by atoms with E-state index in [2.05, 4.69) is 55.4 Å². The molecular formula is C29H35N7O3. The lowest BCUT2D eigenvalue weighted by atomic mass is 9.99. The van der Waals surface area contributed by atoms with Gasteiger partial charge in [0.2, 0.25) is 0 Å². The van der Waals surface area contributed by atoms with Gasteiger partial charge in [0, 0.05) is 54.9 Å². The van der Waals surface area contributed by atoms with Crippen LogP contribution < -0.4 is 15.2 Å².